The second kappa shape index (κ2) is 16.3. The number of pyridine rings is 2. The Morgan fingerprint density at radius 1 is 1.00 bits per heavy atom. The van der Waals surface area contributed by atoms with E-state index in [-0.39, 0.29) is 58.6 Å². The molecule has 7 nitrogen and oxygen atoms in total. The number of carboxylic acids is 1. The average Bonchev–Trinajstić information content (AvgIpc) is 3.03. The van der Waals surface area contributed by atoms with Gasteiger partial charge in [0.25, 0.3) is 5.56 Å². The summed E-state index contributed by atoms with van der Waals surface area (Å²) in [4.78, 5) is 43.5. The third-order valence-electron chi connectivity index (χ3n) is 8.48. The van der Waals surface area contributed by atoms with E-state index in [1.807, 2.05) is 0 Å². The van der Waals surface area contributed by atoms with E-state index in [1.54, 1.807) is 32.0 Å². The van der Waals surface area contributed by atoms with Gasteiger partial charge in [0.05, 0.1) is 18.0 Å². The van der Waals surface area contributed by atoms with E-state index in [4.69, 9.17) is 0 Å². The lowest BCUT2D eigenvalue weighted by Gasteiger charge is -2.27. The fraction of sp³-hybridized carbons (Fsp3) is 0.333. The number of aryl methyl sites for hydroxylation is 4. The smallest absolute Gasteiger partial charge is 0.416 e. The first-order chi connectivity index (χ1) is 24.4. The zero-order chi connectivity index (χ0) is 38.5. The van der Waals surface area contributed by atoms with Crippen LogP contribution in [0.1, 0.15) is 84.8 Å². The fourth-order valence-electron chi connectivity index (χ4n) is 6.30. The molecule has 2 aromatic heterocycles. The van der Waals surface area contributed by atoms with E-state index in [2.05, 4.69) is 22.1 Å². The first-order valence-electron chi connectivity index (χ1n) is 16.4. The standard InChI is InChI=1S/C39H37F6N3O4/c1-6-9-24-17-29(41)36(37(42)35(24)34-22(4)15-26(40)16-23(34)5)30(19-33(50)51)47-38(52)31(14-21(2)3)48-20-25(11-12-27-10-7-8-13-46-27)28(18-32(48)49)39(43,44)45/h7-8,10,13,15-18,20-21,30-31H,11-12,14,19H2,1-5H3,(H,47,52)(H,50,51)/t30-,31+/m0/s1. The van der Waals surface area contributed by atoms with E-state index in [1.165, 1.54) is 27.0 Å². The lowest BCUT2D eigenvalue weighted by molar-refractivity contribution is -0.139. The second-order valence-electron chi connectivity index (χ2n) is 12.9. The van der Waals surface area contributed by atoms with Gasteiger partial charge in [-0.3, -0.25) is 19.4 Å². The van der Waals surface area contributed by atoms with Crippen LogP contribution in [0.15, 0.2) is 59.7 Å². The predicted octanol–water partition coefficient (Wildman–Crippen LogP) is 8.04. The van der Waals surface area contributed by atoms with Crippen LogP contribution in [-0.4, -0.2) is 26.5 Å². The van der Waals surface area contributed by atoms with E-state index in [0.29, 0.717) is 11.8 Å². The number of carbonyl (C=O) groups excluding carboxylic acids is 1. The monoisotopic (exact) mass is 725 g/mol. The molecule has 0 aliphatic rings. The summed E-state index contributed by atoms with van der Waals surface area (Å²) in [5.41, 5.74) is -2.56. The Kier molecular flexibility index (Phi) is 12.4. The van der Waals surface area contributed by atoms with E-state index in [0.717, 1.165) is 29.0 Å². The summed E-state index contributed by atoms with van der Waals surface area (Å²) in [5.74, 6) is -0.782. The number of carbonyl (C=O) groups is 2. The molecule has 2 atom stereocenters. The van der Waals surface area contributed by atoms with Crippen LogP contribution in [0, 0.1) is 49.1 Å². The first-order valence-corrected chi connectivity index (χ1v) is 16.4. The number of aliphatic carboxylic acids is 1. The minimum absolute atomic E-state index is 0.0795. The molecular weight excluding hydrogens is 688 g/mol. The summed E-state index contributed by atoms with van der Waals surface area (Å²) in [6.07, 6.45) is -3.70. The van der Waals surface area contributed by atoms with Crippen LogP contribution in [0.2, 0.25) is 0 Å². The Morgan fingerprint density at radius 3 is 2.23 bits per heavy atom. The van der Waals surface area contributed by atoms with Crippen molar-refractivity contribution in [1.82, 2.24) is 14.9 Å². The van der Waals surface area contributed by atoms with Gasteiger partial charge in [-0.15, -0.1) is 5.92 Å². The number of hydrogen-bond donors (Lipinski definition) is 2. The molecule has 4 aromatic rings. The first kappa shape index (κ1) is 39.4. The molecule has 0 unspecified atom stereocenters. The van der Waals surface area contributed by atoms with Crippen LogP contribution >= 0.6 is 0 Å². The molecule has 0 bridgehead atoms. The summed E-state index contributed by atoms with van der Waals surface area (Å²) < 4.78 is 90.0. The molecule has 0 radical (unpaired) electrons. The molecule has 52 heavy (non-hydrogen) atoms. The zero-order valence-electron chi connectivity index (χ0n) is 29.1. The Balaban J connectivity index is 1.86. The van der Waals surface area contributed by atoms with Crippen molar-refractivity contribution in [3.63, 3.8) is 0 Å². The zero-order valence-corrected chi connectivity index (χ0v) is 29.1. The SMILES string of the molecule is CC#Cc1cc(F)c([C@H](CC(=O)O)NC(=O)[C@@H](CC(C)C)n2cc(CCc3ccccn3)c(C(F)(F)F)cc2=O)c(F)c1-c1c(C)cc(F)cc1C. The molecule has 4 rings (SSSR count). The second-order valence-corrected chi connectivity index (χ2v) is 12.9. The molecule has 1 amide bonds. The number of aromatic nitrogens is 2. The topological polar surface area (TPSA) is 101 Å². The van der Waals surface area contributed by atoms with Crippen molar-refractivity contribution >= 4 is 11.9 Å². The maximum atomic E-state index is 16.7. The Morgan fingerprint density at radius 2 is 1.67 bits per heavy atom. The number of alkyl halides is 3. The molecule has 0 saturated carbocycles. The third-order valence-corrected chi connectivity index (χ3v) is 8.48. The van der Waals surface area contributed by atoms with Gasteiger partial charge in [0.15, 0.2) is 0 Å². The molecule has 274 valence electrons. The molecule has 2 heterocycles. The van der Waals surface area contributed by atoms with E-state index in [9.17, 15) is 37.1 Å². The number of carboxylic acid groups (broad SMARTS) is 1. The summed E-state index contributed by atoms with van der Waals surface area (Å²) in [5, 5.41) is 12.2. The largest absolute Gasteiger partial charge is 0.481 e. The van der Waals surface area contributed by atoms with Crippen LogP contribution in [-0.2, 0) is 28.6 Å². The molecule has 0 aliphatic carbocycles. The Labute approximate surface area is 296 Å². The predicted molar refractivity (Wildman–Crippen MR) is 183 cm³/mol. The molecule has 2 N–H and O–H groups in total. The molecule has 0 fully saturated rings. The fourth-order valence-corrected chi connectivity index (χ4v) is 6.30. The van der Waals surface area contributed by atoms with Crippen molar-refractivity contribution in [2.24, 2.45) is 5.92 Å². The van der Waals surface area contributed by atoms with Gasteiger partial charge in [-0.05, 0) is 98.5 Å². The van der Waals surface area contributed by atoms with Gasteiger partial charge in [-0.2, -0.15) is 13.2 Å². The number of nitrogens with one attached hydrogen (secondary N) is 1. The van der Waals surface area contributed by atoms with Crippen LogP contribution < -0.4 is 10.9 Å². The molecule has 0 aliphatic heterocycles. The number of hydrogen-bond acceptors (Lipinski definition) is 4. The van der Waals surface area contributed by atoms with Crippen molar-refractivity contribution in [3.8, 4) is 23.0 Å². The van der Waals surface area contributed by atoms with Crippen LogP contribution in [0.25, 0.3) is 11.1 Å². The Hall–Kier alpha value is -5.38. The normalized spacial score (nSPS) is 12.6. The van der Waals surface area contributed by atoms with E-state index < -0.39 is 70.7 Å². The highest BCUT2D eigenvalue weighted by molar-refractivity contribution is 5.83. The van der Waals surface area contributed by atoms with Crippen LogP contribution in [0.4, 0.5) is 26.3 Å². The number of halogens is 6. The summed E-state index contributed by atoms with van der Waals surface area (Å²) >= 11 is 0. The van der Waals surface area contributed by atoms with Gasteiger partial charge >= 0.3 is 12.1 Å². The van der Waals surface area contributed by atoms with Crippen molar-refractivity contribution < 1.29 is 41.0 Å². The van der Waals surface area contributed by atoms with Crippen molar-refractivity contribution in [2.45, 2.75) is 78.6 Å². The van der Waals surface area contributed by atoms with Crippen molar-refractivity contribution in [2.75, 3.05) is 0 Å². The van der Waals surface area contributed by atoms with Crippen molar-refractivity contribution in [3.05, 3.63) is 122 Å². The highest BCUT2D eigenvalue weighted by Gasteiger charge is 2.36. The number of amides is 1. The number of rotatable bonds is 12. The van der Waals surface area contributed by atoms with Gasteiger partial charge < -0.3 is 15.0 Å². The quantitative estimate of drug-likeness (QED) is 0.114. The summed E-state index contributed by atoms with van der Waals surface area (Å²) in [6.45, 7) is 7.84. The highest BCUT2D eigenvalue weighted by Crippen LogP contribution is 2.38. The molecule has 0 spiro atoms. The summed E-state index contributed by atoms with van der Waals surface area (Å²) in [6, 6.07) is 5.18. The average molecular weight is 726 g/mol. The molecule has 2 aromatic carbocycles. The highest BCUT2D eigenvalue weighted by atomic mass is 19.4. The Bertz CT molecular complexity index is 2080. The molecule has 13 heteroatoms. The van der Waals surface area contributed by atoms with E-state index >= 15 is 8.78 Å². The minimum atomic E-state index is -4.90. The molecule has 0 saturated heterocycles. The molecular formula is C39H37F6N3O4. The maximum absolute atomic E-state index is 16.7. The van der Waals surface area contributed by atoms with Gasteiger partial charge in [-0.1, -0.05) is 25.8 Å². The number of nitrogens with zero attached hydrogens (tertiary/aromatic N) is 2. The summed E-state index contributed by atoms with van der Waals surface area (Å²) in [7, 11) is 0. The van der Waals surface area contributed by atoms with Crippen LogP contribution in [0.3, 0.4) is 0 Å². The van der Waals surface area contributed by atoms with Gasteiger partial charge in [0.2, 0.25) is 5.91 Å². The minimum Gasteiger partial charge on any atom is -0.481 e. The third kappa shape index (κ3) is 9.09. The lowest BCUT2D eigenvalue weighted by atomic mass is 9.88. The van der Waals surface area contributed by atoms with Gasteiger partial charge in [-0.25, -0.2) is 13.2 Å². The number of benzene rings is 2. The van der Waals surface area contributed by atoms with Gasteiger partial charge in [0, 0.05) is 40.8 Å². The lowest BCUT2D eigenvalue weighted by Crippen LogP contribution is -2.41. The maximum Gasteiger partial charge on any atom is 0.416 e. The van der Waals surface area contributed by atoms with Crippen LogP contribution in [0.5, 0.6) is 0 Å². The van der Waals surface area contributed by atoms with Crippen molar-refractivity contribution in [1.29, 1.82) is 0 Å². The van der Waals surface area contributed by atoms with Gasteiger partial charge in [0.1, 0.15) is 23.5 Å².